The van der Waals surface area contributed by atoms with E-state index in [9.17, 15) is 0 Å². The normalized spacial score (nSPS) is 10.8. The van der Waals surface area contributed by atoms with Crippen LogP contribution in [0.2, 0.25) is 10.0 Å². The molecule has 2 rings (SSSR count). The Bertz CT molecular complexity index is 581. The fraction of sp³-hybridized carbons (Fsp3) is 0.333. The van der Waals surface area contributed by atoms with E-state index in [0.29, 0.717) is 22.4 Å². The molecule has 108 valence electrons. The number of aryl methyl sites for hydroxylation is 1. The van der Waals surface area contributed by atoms with Crippen LogP contribution < -0.4 is 10.1 Å². The fourth-order valence-electron chi connectivity index (χ4n) is 1.79. The van der Waals surface area contributed by atoms with Crippen molar-refractivity contribution in [1.29, 1.82) is 0 Å². The summed E-state index contributed by atoms with van der Waals surface area (Å²) in [5.41, 5.74) is 1.03. The number of hydrogen-bond acceptors (Lipinski definition) is 3. The van der Waals surface area contributed by atoms with Crippen LogP contribution in [0.25, 0.3) is 0 Å². The maximum atomic E-state index is 5.95. The van der Waals surface area contributed by atoms with Crippen molar-refractivity contribution in [3.8, 4) is 5.75 Å². The van der Waals surface area contributed by atoms with Gasteiger partial charge in [0, 0.05) is 11.6 Å². The van der Waals surface area contributed by atoms with Gasteiger partial charge in [0.25, 0.3) is 0 Å². The first kappa shape index (κ1) is 15.2. The number of furan rings is 1. The zero-order chi connectivity index (χ0) is 14.5. The lowest BCUT2D eigenvalue weighted by atomic mass is 10.2. The summed E-state index contributed by atoms with van der Waals surface area (Å²) in [4.78, 5) is 0. The van der Waals surface area contributed by atoms with Crippen LogP contribution in [0.1, 0.15) is 24.0 Å². The minimum absolute atomic E-state index is 0.444. The number of nitrogens with one attached hydrogen (secondary N) is 1. The van der Waals surface area contributed by atoms with Crippen LogP contribution in [-0.2, 0) is 13.2 Å². The average Bonchev–Trinajstić information content (AvgIpc) is 2.78. The van der Waals surface area contributed by atoms with Crippen LogP contribution >= 0.6 is 23.2 Å². The SMILES string of the molecule is CCNCc1cc(COc2ccc(Cl)c(Cl)c2)c(C)o1. The third-order valence-electron chi connectivity index (χ3n) is 2.91. The summed E-state index contributed by atoms with van der Waals surface area (Å²) < 4.78 is 11.4. The Hall–Kier alpha value is -1.16. The monoisotopic (exact) mass is 313 g/mol. The van der Waals surface area contributed by atoms with E-state index in [1.165, 1.54) is 0 Å². The number of rotatable bonds is 6. The summed E-state index contributed by atoms with van der Waals surface area (Å²) >= 11 is 11.8. The maximum Gasteiger partial charge on any atom is 0.121 e. The van der Waals surface area contributed by atoms with E-state index in [0.717, 1.165) is 30.2 Å². The van der Waals surface area contributed by atoms with E-state index in [1.807, 2.05) is 13.0 Å². The molecule has 1 aromatic heterocycles. The molecule has 2 aromatic rings. The number of halogens is 2. The van der Waals surface area contributed by atoms with Gasteiger partial charge in [-0.3, -0.25) is 0 Å². The van der Waals surface area contributed by atoms with Gasteiger partial charge >= 0.3 is 0 Å². The van der Waals surface area contributed by atoms with Gasteiger partial charge in [0.15, 0.2) is 0 Å². The zero-order valence-corrected chi connectivity index (χ0v) is 13.0. The van der Waals surface area contributed by atoms with Crippen molar-refractivity contribution in [3.63, 3.8) is 0 Å². The first-order valence-corrected chi connectivity index (χ1v) is 7.22. The quantitative estimate of drug-likeness (QED) is 0.847. The Kier molecular flexibility index (Phi) is 5.35. The molecule has 20 heavy (non-hydrogen) atoms. The molecule has 0 spiro atoms. The number of ether oxygens (including phenoxy) is 1. The van der Waals surface area contributed by atoms with Gasteiger partial charge in [0.2, 0.25) is 0 Å². The Balaban J connectivity index is 1.99. The van der Waals surface area contributed by atoms with Crippen molar-refractivity contribution in [3.05, 3.63) is 51.4 Å². The van der Waals surface area contributed by atoms with Gasteiger partial charge in [-0.25, -0.2) is 0 Å². The van der Waals surface area contributed by atoms with E-state index in [-0.39, 0.29) is 0 Å². The highest BCUT2D eigenvalue weighted by molar-refractivity contribution is 6.42. The van der Waals surface area contributed by atoms with Gasteiger partial charge in [0.1, 0.15) is 23.9 Å². The summed E-state index contributed by atoms with van der Waals surface area (Å²) in [7, 11) is 0. The predicted octanol–water partition coefficient (Wildman–Crippen LogP) is 4.58. The third kappa shape index (κ3) is 3.92. The van der Waals surface area contributed by atoms with Gasteiger partial charge in [-0.15, -0.1) is 0 Å². The summed E-state index contributed by atoms with van der Waals surface area (Å²) in [6.45, 7) is 6.07. The van der Waals surface area contributed by atoms with Gasteiger partial charge in [-0.05, 0) is 31.7 Å². The van der Waals surface area contributed by atoms with Crippen molar-refractivity contribution in [2.45, 2.75) is 27.0 Å². The second kappa shape index (κ2) is 7.02. The molecule has 0 atom stereocenters. The molecule has 1 N–H and O–H groups in total. The van der Waals surface area contributed by atoms with Crippen LogP contribution in [-0.4, -0.2) is 6.54 Å². The Morgan fingerprint density at radius 2 is 2.00 bits per heavy atom. The lowest BCUT2D eigenvalue weighted by molar-refractivity contribution is 0.303. The molecule has 0 aliphatic carbocycles. The molecule has 0 amide bonds. The maximum absolute atomic E-state index is 5.95. The first-order chi connectivity index (χ1) is 9.60. The summed E-state index contributed by atoms with van der Waals surface area (Å²) in [6, 6.07) is 7.23. The van der Waals surface area contributed by atoms with Crippen molar-refractivity contribution in [1.82, 2.24) is 5.32 Å². The lowest BCUT2D eigenvalue weighted by Crippen LogP contribution is -2.10. The van der Waals surface area contributed by atoms with Gasteiger partial charge in [0.05, 0.1) is 16.6 Å². The minimum Gasteiger partial charge on any atom is -0.489 e. The highest BCUT2D eigenvalue weighted by Crippen LogP contribution is 2.27. The molecule has 0 radical (unpaired) electrons. The second-order valence-electron chi connectivity index (χ2n) is 4.44. The molecular weight excluding hydrogens is 297 g/mol. The molecule has 0 fully saturated rings. The van der Waals surface area contributed by atoms with Crippen LogP contribution in [0.3, 0.4) is 0 Å². The molecule has 0 saturated carbocycles. The average molecular weight is 314 g/mol. The molecule has 0 saturated heterocycles. The summed E-state index contributed by atoms with van der Waals surface area (Å²) in [5.74, 6) is 2.48. The number of benzene rings is 1. The second-order valence-corrected chi connectivity index (χ2v) is 5.25. The predicted molar refractivity (Wildman–Crippen MR) is 81.6 cm³/mol. The summed E-state index contributed by atoms with van der Waals surface area (Å²) in [6.07, 6.45) is 0. The van der Waals surface area contributed by atoms with Crippen molar-refractivity contribution in [2.24, 2.45) is 0 Å². The first-order valence-electron chi connectivity index (χ1n) is 6.47. The topological polar surface area (TPSA) is 34.4 Å². The smallest absolute Gasteiger partial charge is 0.121 e. The molecule has 1 aromatic carbocycles. The summed E-state index contributed by atoms with van der Waals surface area (Å²) in [5, 5.41) is 4.23. The highest BCUT2D eigenvalue weighted by Gasteiger charge is 2.08. The Morgan fingerprint density at radius 3 is 2.70 bits per heavy atom. The van der Waals surface area contributed by atoms with Gasteiger partial charge < -0.3 is 14.5 Å². The molecular formula is C15H17Cl2NO2. The zero-order valence-electron chi connectivity index (χ0n) is 11.5. The molecule has 3 nitrogen and oxygen atoms in total. The van der Waals surface area contributed by atoms with E-state index >= 15 is 0 Å². The standard InChI is InChI=1S/C15H17Cl2NO2/c1-3-18-8-13-6-11(10(2)20-13)9-19-12-4-5-14(16)15(17)7-12/h4-7,18H,3,8-9H2,1-2H3. The molecule has 5 heteroatoms. The highest BCUT2D eigenvalue weighted by atomic mass is 35.5. The molecule has 0 unspecified atom stereocenters. The largest absolute Gasteiger partial charge is 0.489 e. The van der Waals surface area contributed by atoms with Gasteiger partial charge in [-0.1, -0.05) is 30.1 Å². The third-order valence-corrected chi connectivity index (χ3v) is 3.65. The van der Waals surface area contributed by atoms with E-state index in [2.05, 4.69) is 12.2 Å². The number of hydrogen-bond donors (Lipinski definition) is 1. The molecule has 1 heterocycles. The van der Waals surface area contributed by atoms with Crippen LogP contribution in [0, 0.1) is 6.92 Å². The Morgan fingerprint density at radius 1 is 1.20 bits per heavy atom. The van der Waals surface area contributed by atoms with Crippen molar-refractivity contribution < 1.29 is 9.15 Å². The molecule has 0 aliphatic rings. The Labute approximate surface area is 128 Å². The fourth-order valence-corrected chi connectivity index (χ4v) is 2.08. The van der Waals surface area contributed by atoms with E-state index in [1.54, 1.807) is 18.2 Å². The minimum atomic E-state index is 0.444. The van der Waals surface area contributed by atoms with E-state index < -0.39 is 0 Å². The van der Waals surface area contributed by atoms with E-state index in [4.69, 9.17) is 32.4 Å². The molecule has 0 aliphatic heterocycles. The lowest BCUT2D eigenvalue weighted by Gasteiger charge is -2.06. The van der Waals surface area contributed by atoms with Crippen LogP contribution in [0.15, 0.2) is 28.7 Å². The molecule has 0 bridgehead atoms. The van der Waals surface area contributed by atoms with Crippen LogP contribution in [0.4, 0.5) is 0 Å². The van der Waals surface area contributed by atoms with Gasteiger partial charge in [-0.2, -0.15) is 0 Å². The van der Waals surface area contributed by atoms with Crippen molar-refractivity contribution in [2.75, 3.05) is 6.54 Å². The van der Waals surface area contributed by atoms with Crippen molar-refractivity contribution >= 4 is 23.2 Å². The van der Waals surface area contributed by atoms with Crippen LogP contribution in [0.5, 0.6) is 5.75 Å².